The van der Waals surface area contributed by atoms with Gasteiger partial charge >= 0.3 is 0 Å². The first-order chi connectivity index (χ1) is 9.95. The van der Waals surface area contributed by atoms with Gasteiger partial charge in [0.2, 0.25) is 0 Å². The van der Waals surface area contributed by atoms with Crippen molar-refractivity contribution in [1.29, 1.82) is 0 Å². The molecule has 2 heteroatoms. The van der Waals surface area contributed by atoms with Gasteiger partial charge in [0.25, 0.3) is 0 Å². The third-order valence-corrected chi connectivity index (χ3v) is 6.32. The van der Waals surface area contributed by atoms with Gasteiger partial charge in [-0.25, -0.2) is 0 Å². The Bertz CT molecular complexity index is 607. The van der Waals surface area contributed by atoms with E-state index in [-0.39, 0.29) is 0 Å². The number of benzene rings is 1. The van der Waals surface area contributed by atoms with Crippen molar-refractivity contribution < 1.29 is 0 Å². The van der Waals surface area contributed by atoms with Crippen molar-refractivity contribution in [2.24, 2.45) is 23.0 Å². The van der Waals surface area contributed by atoms with E-state index in [9.17, 15) is 0 Å². The topological polar surface area (TPSA) is 26.0 Å². The normalized spacial score (nSPS) is 27.1. The van der Waals surface area contributed by atoms with Crippen LogP contribution in [0.1, 0.15) is 45.6 Å². The van der Waals surface area contributed by atoms with Gasteiger partial charge in [0.1, 0.15) is 0 Å². The van der Waals surface area contributed by atoms with E-state index in [1.807, 2.05) is 11.3 Å². The quantitative estimate of drug-likeness (QED) is 0.807. The second kappa shape index (κ2) is 5.73. The lowest BCUT2D eigenvalue weighted by atomic mass is 9.66. The average molecular weight is 301 g/mol. The highest BCUT2D eigenvalue weighted by atomic mass is 32.1. The van der Waals surface area contributed by atoms with Gasteiger partial charge in [-0.1, -0.05) is 39.0 Å². The first-order valence-corrected chi connectivity index (χ1v) is 9.04. The van der Waals surface area contributed by atoms with E-state index in [0.29, 0.717) is 17.4 Å². The molecule has 0 bridgehead atoms. The van der Waals surface area contributed by atoms with Crippen molar-refractivity contribution in [3.05, 3.63) is 35.2 Å². The molecule has 3 rings (SSSR count). The molecule has 1 aromatic heterocycles. The van der Waals surface area contributed by atoms with Crippen LogP contribution in [0.4, 0.5) is 0 Å². The smallest absolute Gasteiger partial charge is 0.0345 e. The summed E-state index contributed by atoms with van der Waals surface area (Å²) in [6.45, 7) is 7.14. The predicted octanol–water partition coefficient (Wildman–Crippen LogP) is 5.23. The Balaban J connectivity index is 1.79. The molecular formula is C19H27NS. The molecule has 0 spiro atoms. The van der Waals surface area contributed by atoms with Crippen LogP contribution in [-0.4, -0.2) is 6.04 Å². The first kappa shape index (κ1) is 15.1. The molecule has 0 amide bonds. The molecule has 1 aliphatic carbocycles. The summed E-state index contributed by atoms with van der Waals surface area (Å²) in [6, 6.07) is 9.14. The molecule has 1 aliphatic rings. The van der Waals surface area contributed by atoms with Crippen LogP contribution in [0.25, 0.3) is 10.1 Å². The molecule has 0 radical (unpaired) electrons. The number of hydrogen-bond donors (Lipinski definition) is 1. The fraction of sp³-hybridized carbons (Fsp3) is 0.579. The van der Waals surface area contributed by atoms with Crippen LogP contribution in [0.15, 0.2) is 29.6 Å². The van der Waals surface area contributed by atoms with E-state index in [0.717, 1.165) is 12.3 Å². The SMILES string of the molecule is CC(C)(C)C1CCC(N)C(Cc2csc3ccccc23)C1. The lowest BCUT2D eigenvalue weighted by Crippen LogP contribution is -2.40. The molecule has 3 atom stereocenters. The lowest BCUT2D eigenvalue weighted by molar-refractivity contribution is 0.127. The summed E-state index contributed by atoms with van der Waals surface area (Å²) < 4.78 is 1.41. The van der Waals surface area contributed by atoms with Crippen LogP contribution in [0.3, 0.4) is 0 Å². The summed E-state index contributed by atoms with van der Waals surface area (Å²) in [7, 11) is 0. The maximum absolute atomic E-state index is 6.45. The Hall–Kier alpha value is -0.860. The molecule has 3 unspecified atom stereocenters. The zero-order valence-corrected chi connectivity index (χ0v) is 14.2. The fourth-order valence-corrected chi connectivity index (χ4v) is 4.76. The van der Waals surface area contributed by atoms with E-state index in [1.54, 1.807) is 0 Å². The lowest BCUT2D eigenvalue weighted by Gasteiger charge is -2.40. The molecule has 1 aromatic carbocycles. The highest BCUT2D eigenvalue weighted by Gasteiger charge is 2.34. The minimum Gasteiger partial charge on any atom is -0.327 e. The number of hydrogen-bond acceptors (Lipinski definition) is 2. The molecule has 1 fully saturated rings. The van der Waals surface area contributed by atoms with Gasteiger partial charge in [-0.15, -0.1) is 11.3 Å². The minimum atomic E-state index is 0.377. The van der Waals surface area contributed by atoms with Gasteiger partial charge < -0.3 is 5.73 Å². The van der Waals surface area contributed by atoms with Crippen molar-refractivity contribution in [2.45, 2.75) is 52.5 Å². The molecule has 2 N–H and O–H groups in total. The van der Waals surface area contributed by atoms with Gasteiger partial charge in [-0.3, -0.25) is 0 Å². The molecule has 0 saturated heterocycles. The average Bonchev–Trinajstić information content (AvgIpc) is 2.83. The summed E-state index contributed by atoms with van der Waals surface area (Å²) in [5.74, 6) is 1.45. The molecule has 114 valence electrons. The summed E-state index contributed by atoms with van der Waals surface area (Å²) in [5, 5.41) is 3.78. The van der Waals surface area contributed by atoms with Crippen LogP contribution < -0.4 is 5.73 Å². The molecule has 1 saturated carbocycles. The first-order valence-electron chi connectivity index (χ1n) is 8.16. The van der Waals surface area contributed by atoms with Crippen molar-refractivity contribution in [2.75, 3.05) is 0 Å². The maximum atomic E-state index is 6.45. The number of thiophene rings is 1. The van der Waals surface area contributed by atoms with Gasteiger partial charge in [0.05, 0.1) is 0 Å². The van der Waals surface area contributed by atoms with Gasteiger partial charge in [-0.2, -0.15) is 0 Å². The van der Waals surface area contributed by atoms with Gasteiger partial charge in [0.15, 0.2) is 0 Å². The van der Waals surface area contributed by atoms with E-state index in [4.69, 9.17) is 5.73 Å². The van der Waals surface area contributed by atoms with Gasteiger partial charge in [-0.05, 0) is 65.3 Å². The molecule has 1 heterocycles. The number of rotatable bonds is 2. The van der Waals surface area contributed by atoms with Crippen LogP contribution >= 0.6 is 11.3 Å². The monoisotopic (exact) mass is 301 g/mol. The Morgan fingerprint density at radius 3 is 2.71 bits per heavy atom. The maximum Gasteiger partial charge on any atom is 0.0345 e. The Morgan fingerprint density at radius 2 is 1.95 bits per heavy atom. The van der Waals surface area contributed by atoms with Crippen molar-refractivity contribution in [3.63, 3.8) is 0 Å². The van der Waals surface area contributed by atoms with E-state index in [1.165, 1.54) is 34.9 Å². The molecule has 21 heavy (non-hydrogen) atoms. The van der Waals surface area contributed by atoms with Crippen molar-refractivity contribution in [1.82, 2.24) is 0 Å². The Kier molecular flexibility index (Phi) is 4.11. The summed E-state index contributed by atoms with van der Waals surface area (Å²) in [5.41, 5.74) is 8.37. The predicted molar refractivity (Wildman–Crippen MR) is 93.8 cm³/mol. The van der Waals surface area contributed by atoms with E-state index < -0.39 is 0 Å². The molecule has 0 aliphatic heterocycles. The van der Waals surface area contributed by atoms with Crippen LogP contribution in [-0.2, 0) is 6.42 Å². The molecular weight excluding hydrogens is 274 g/mol. The molecule has 1 nitrogen and oxygen atoms in total. The summed E-state index contributed by atoms with van der Waals surface area (Å²) >= 11 is 1.87. The number of fused-ring (bicyclic) bond motifs is 1. The second-order valence-corrected chi connectivity index (χ2v) is 8.67. The molecule has 2 aromatic rings. The zero-order valence-electron chi connectivity index (χ0n) is 13.4. The summed E-state index contributed by atoms with van der Waals surface area (Å²) in [4.78, 5) is 0. The van der Waals surface area contributed by atoms with Crippen LogP contribution in [0.2, 0.25) is 0 Å². The number of nitrogens with two attached hydrogens (primary N) is 1. The summed E-state index contributed by atoms with van der Waals surface area (Å²) in [6.07, 6.45) is 4.92. The third kappa shape index (κ3) is 3.17. The Morgan fingerprint density at radius 1 is 1.19 bits per heavy atom. The zero-order chi connectivity index (χ0) is 15.0. The highest BCUT2D eigenvalue weighted by molar-refractivity contribution is 7.17. The third-order valence-electron chi connectivity index (χ3n) is 5.31. The van der Waals surface area contributed by atoms with Crippen LogP contribution in [0, 0.1) is 17.3 Å². The Labute approximate surface area is 132 Å². The van der Waals surface area contributed by atoms with Crippen molar-refractivity contribution in [3.8, 4) is 0 Å². The van der Waals surface area contributed by atoms with E-state index in [2.05, 4.69) is 50.4 Å². The van der Waals surface area contributed by atoms with Gasteiger partial charge in [0, 0.05) is 10.7 Å². The highest BCUT2D eigenvalue weighted by Crippen LogP contribution is 2.41. The van der Waals surface area contributed by atoms with Crippen molar-refractivity contribution >= 4 is 21.4 Å². The largest absolute Gasteiger partial charge is 0.327 e. The van der Waals surface area contributed by atoms with E-state index >= 15 is 0 Å². The fourth-order valence-electron chi connectivity index (χ4n) is 3.78. The van der Waals surface area contributed by atoms with Crippen LogP contribution in [0.5, 0.6) is 0 Å². The minimum absolute atomic E-state index is 0.377. The standard InChI is InChI=1S/C19H27NS/c1-19(2,3)15-8-9-17(20)13(11-15)10-14-12-21-18-7-5-4-6-16(14)18/h4-7,12-13,15,17H,8-11,20H2,1-3H3. The second-order valence-electron chi connectivity index (χ2n) is 7.76.